The minimum atomic E-state index is 0.361. The van der Waals surface area contributed by atoms with Gasteiger partial charge in [0.15, 0.2) is 5.75 Å². The molecule has 0 amide bonds. The molecule has 1 aliphatic heterocycles. The van der Waals surface area contributed by atoms with Crippen LogP contribution in [0.4, 0.5) is 0 Å². The molecule has 0 saturated heterocycles. The van der Waals surface area contributed by atoms with E-state index in [1.807, 2.05) is 6.07 Å². The predicted molar refractivity (Wildman–Crippen MR) is 53.8 cm³/mol. The molecule has 3 rings (SSSR count). The van der Waals surface area contributed by atoms with Gasteiger partial charge in [-0.05, 0) is 11.4 Å². The van der Waals surface area contributed by atoms with Gasteiger partial charge in [-0.15, -0.1) is 22.7 Å². The third-order valence-corrected chi connectivity index (χ3v) is 3.67. The van der Waals surface area contributed by atoms with Gasteiger partial charge in [-0.25, -0.2) is 0 Å². The average Bonchev–Trinajstić information content (AvgIpc) is 2.79. The van der Waals surface area contributed by atoms with Gasteiger partial charge in [0.1, 0.15) is 0 Å². The van der Waals surface area contributed by atoms with Gasteiger partial charge in [-0.3, -0.25) is 0 Å². The van der Waals surface area contributed by atoms with Gasteiger partial charge in [-0.1, -0.05) is 6.07 Å². The second kappa shape index (κ2) is 2.75. The summed E-state index contributed by atoms with van der Waals surface area (Å²) < 4.78 is 10.7. The molecule has 2 nitrogen and oxygen atoms in total. The standard InChI is InChI=1S/C9H6O2S2/c1-2-7(12-3-1)6-4-13-9-8(6)10-5-11-9/h1-4H,5H2. The Labute approximate surface area is 83.4 Å². The number of hydrogen-bond acceptors (Lipinski definition) is 4. The number of fused-ring (bicyclic) bond motifs is 1. The molecule has 0 bridgehead atoms. The highest BCUT2D eigenvalue weighted by molar-refractivity contribution is 7.15. The first-order valence-electron chi connectivity index (χ1n) is 3.86. The van der Waals surface area contributed by atoms with Crippen LogP contribution in [0.25, 0.3) is 10.4 Å². The molecule has 0 unspecified atom stereocenters. The molecule has 0 N–H and O–H groups in total. The van der Waals surface area contributed by atoms with Crippen molar-refractivity contribution >= 4 is 22.7 Å². The van der Waals surface area contributed by atoms with Gasteiger partial charge in [-0.2, -0.15) is 0 Å². The summed E-state index contributed by atoms with van der Waals surface area (Å²) in [5.74, 6) is 0.910. The molecule has 2 aromatic rings. The molecule has 0 fully saturated rings. The van der Waals surface area contributed by atoms with E-state index in [0.29, 0.717) is 6.79 Å². The van der Waals surface area contributed by atoms with Crippen molar-refractivity contribution in [1.82, 2.24) is 0 Å². The molecule has 0 spiro atoms. The van der Waals surface area contributed by atoms with Crippen molar-refractivity contribution in [3.05, 3.63) is 22.9 Å². The van der Waals surface area contributed by atoms with Crippen molar-refractivity contribution in [3.63, 3.8) is 0 Å². The first kappa shape index (κ1) is 7.41. The van der Waals surface area contributed by atoms with Crippen molar-refractivity contribution in [3.8, 4) is 21.3 Å². The average molecular weight is 210 g/mol. The van der Waals surface area contributed by atoms with E-state index in [0.717, 1.165) is 16.4 Å². The Kier molecular flexibility index (Phi) is 1.57. The Bertz CT molecular complexity index is 417. The fourth-order valence-electron chi connectivity index (χ4n) is 1.31. The van der Waals surface area contributed by atoms with Crippen LogP contribution in [0, 0.1) is 0 Å². The fourth-order valence-corrected chi connectivity index (χ4v) is 2.97. The second-order valence-corrected chi connectivity index (χ2v) is 4.44. The zero-order chi connectivity index (χ0) is 8.67. The summed E-state index contributed by atoms with van der Waals surface area (Å²) in [4.78, 5) is 1.24. The molecule has 0 radical (unpaired) electrons. The van der Waals surface area contributed by atoms with Gasteiger partial charge < -0.3 is 9.47 Å². The van der Waals surface area contributed by atoms with E-state index >= 15 is 0 Å². The maximum atomic E-state index is 5.39. The lowest BCUT2D eigenvalue weighted by Gasteiger charge is -1.95. The normalized spacial score (nSPS) is 13.5. The molecule has 0 aromatic carbocycles. The number of rotatable bonds is 1. The van der Waals surface area contributed by atoms with Gasteiger partial charge in [0.2, 0.25) is 11.9 Å². The largest absolute Gasteiger partial charge is 0.452 e. The van der Waals surface area contributed by atoms with Crippen molar-refractivity contribution in [2.75, 3.05) is 6.79 Å². The summed E-state index contributed by atoms with van der Waals surface area (Å²) in [7, 11) is 0. The van der Waals surface area contributed by atoms with Gasteiger partial charge in [0.05, 0.1) is 0 Å². The minimum absolute atomic E-state index is 0.361. The maximum absolute atomic E-state index is 5.39. The van der Waals surface area contributed by atoms with E-state index in [-0.39, 0.29) is 0 Å². The first-order valence-corrected chi connectivity index (χ1v) is 5.62. The van der Waals surface area contributed by atoms with E-state index in [9.17, 15) is 0 Å². The summed E-state index contributed by atoms with van der Waals surface area (Å²) in [5, 5.41) is 5.05. The molecular formula is C9H6O2S2. The molecule has 66 valence electrons. The Morgan fingerprint density at radius 3 is 3.08 bits per heavy atom. The van der Waals surface area contributed by atoms with E-state index in [1.54, 1.807) is 22.7 Å². The van der Waals surface area contributed by atoms with Crippen molar-refractivity contribution in [2.45, 2.75) is 0 Å². The monoisotopic (exact) mass is 210 g/mol. The smallest absolute Gasteiger partial charge is 0.232 e. The number of thiophene rings is 2. The topological polar surface area (TPSA) is 18.5 Å². The molecule has 0 aliphatic carbocycles. The molecule has 3 heterocycles. The summed E-state index contributed by atoms with van der Waals surface area (Å²) >= 11 is 3.31. The quantitative estimate of drug-likeness (QED) is 0.719. The summed E-state index contributed by atoms with van der Waals surface area (Å²) in [6.45, 7) is 0.361. The van der Waals surface area contributed by atoms with Crippen LogP contribution >= 0.6 is 22.7 Å². The molecular weight excluding hydrogens is 204 g/mol. The Morgan fingerprint density at radius 1 is 1.23 bits per heavy atom. The highest BCUT2D eigenvalue weighted by Crippen LogP contribution is 2.47. The van der Waals surface area contributed by atoms with Crippen LogP contribution in [-0.4, -0.2) is 6.79 Å². The van der Waals surface area contributed by atoms with Gasteiger partial charge in [0, 0.05) is 15.8 Å². The third kappa shape index (κ3) is 1.06. The maximum Gasteiger partial charge on any atom is 0.232 e. The van der Waals surface area contributed by atoms with E-state index in [2.05, 4.69) is 16.8 Å². The molecule has 4 heteroatoms. The molecule has 0 saturated carbocycles. The lowest BCUT2D eigenvalue weighted by molar-refractivity contribution is 0.176. The Balaban J connectivity index is 2.16. The molecule has 2 aromatic heterocycles. The molecule has 13 heavy (non-hydrogen) atoms. The van der Waals surface area contributed by atoms with Crippen molar-refractivity contribution < 1.29 is 9.47 Å². The van der Waals surface area contributed by atoms with Crippen molar-refractivity contribution in [1.29, 1.82) is 0 Å². The van der Waals surface area contributed by atoms with Crippen LogP contribution in [-0.2, 0) is 0 Å². The molecule has 1 aliphatic rings. The summed E-state index contributed by atoms with van der Waals surface area (Å²) in [5.41, 5.74) is 1.16. The zero-order valence-electron chi connectivity index (χ0n) is 6.65. The van der Waals surface area contributed by atoms with E-state index in [4.69, 9.17) is 9.47 Å². The zero-order valence-corrected chi connectivity index (χ0v) is 8.28. The number of ether oxygens (including phenoxy) is 2. The second-order valence-electron chi connectivity index (χ2n) is 2.65. The summed E-state index contributed by atoms with van der Waals surface area (Å²) in [6, 6.07) is 4.13. The van der Waals surface area contributed by atoms with E-state index < -0.39 is 0 Å². The van der Waals surface area contributed by atoms with Crippen LogP contribution in [0.5, 0.6) is 10.8 Å². The highest BCUT2D eigenvalue weighted by Gasteiger charge is 2.21. The van der Waals surface area contributed by atoms with Crippen LogP contribution in [0.3, 0.4) is 0 Å². The number of hydrogen-bond donors (Lipinski definition) is 0. The highest BCUT2D eigenvalue weighted by atomic mass is 32.1. The minimum Gasteiger partial charge on any atom is -0.452 e. The van der Waals surface area contributed by atoms with Crippen molar-refractivity contribution in [2.24, 2.45) is 0 Å². The Morgan fingerprint density at radius 2 is 2.23 bits per heavy atom. The van der Waals surface area contributed by atoms with Crippen LogP contribution in [0.1, 0.15) is 0 Å². The Hall–Kier alpha value is -1.00. The first-order chi connectivity index (χ1) is 6.45. The fraction of sp³-hybridized carbons (Fsp3) is 0.111. The van der Waals surface area contributed by atoms with Gasteiger partial charge in [0.25, 0.3) is 0 Å². The van der Waals surface area contributed by atoms with Crippen LogP contribution in [0.2, 0.25) is 0 Å². The summed E-state index contributed by atoms with van der Waals surface area (Å²) in [6.07, 6.45) is 0. The van der Waals surface area contributed by atoms with E-state index in [1.165, 1.54) is 4.88 Å². The van der Waals surface area contributed by atoms with Gasteiger partial charge >= 0.3 is 0 Å². The molecule has 0 atom stereocenters. The lowest BCUT2D eigenvalue weighted by atomic mass is 10.2. The third-order valence-electron chi connectivity index (χ3n) is 1.89. The predicted octanol–water partition coefficient (Wildman–Crippen LogP) is 3.21. The SMILES string of the molecule is c1csc(-c2csc3c2OCO3)c1. The lowest BCUT2D eigenvalue weighted by Crippen LogP contribution is -1.94. The van der Waals surface area contributed by atoms with Crippen LogP contribution < -0.4 is 9.47 Å². The van der Waals surface area contributed by atoms with Crippen LogP contribution in [0.15, 0.2) is 22.9 Å².